The number of amides is 1. The van der Waals surface area contributed by atoms with Crippen LogP contribution in [-0.4, -0.2) is 72.1 Å². The normalized spacial score (nSPS) is 26.2. The molecule has 3 aliphatic heterocycles. The van der Waals surface area contributed by atoms with Crippen LogP contribution in [0.1, 0.15) is 37.0 Å². The fourth-order valence-corrected chi connectivity index (χ4v) is 5.33. The number of hydrogen-bond donors (Lipinski definition) is 2. The summed E-state index contributed by atoms with van der Waals surface area (Å²) in [5.74, 6) is -0.157. The first-order chi connectivity index (χ1) is 17.2. The minimum absolute atomic E-state index is 0.107. The lowest BCUT2D eigenvalue weighted by atomic mass is 10.1. The van der Waals surface area contributed by atoms with Gasteiger partial charge in [-0.2, -0.15) is 0 Å². The van der Waals surface area contributed by atoms with Crippen LogP contribution in [0.3, 0.4) is 0 Å². The standard InChI is InChI=1S/C26H28ClF2N5O2/c1-14-24(27)15(2)32-25(31-14)20-12-34(13-21(20)30)26(35)19-4-3-17(29)10-23(19)36-22-11-18-9-16(22)5-7-33(18)8-6-28/h3-5,10,18,22,30-31H,6-9,11-13H2,1-2H3/b25-20+,30-21?. The van der Waals surface area contributed by atoms with Crippen molar-refractivity contribution in [2.75, 3.05) is 32.9 Å². The van der Waals surface area contributed by atoms with Crippen LogP contribution in [0, 0.1) is 11.2 Å². The predicted octanol–water partition coefficient (Wildman–Crippen LogP) is 4.17. The number of nitrogens with zero attached hydrogens (tertiary/aromatic N) is 3. The maximum absolute atomic E-state index is 14.2. The van der Waals surface area contributed by atoms with E-state index in [0.29, 0.717) is 41.6 Å². The zero-order valence-electron chi connectivity index (χ0n) is 20.2. The van der Waals surface area contributed by atoms with Gasteiger partial charge in [0.05, 0.1) is 35.1 Å². The van der Waals surface area contributed by atoms with Crippen LogP contribution in [0.2, 0.25) is 0 Å². The van der Waals surface area contributed by atoms with Gasteiger partial charge in [0.15, 0.2) is 0 Å². The third kappa shape index (κ3) is 4.57. The third-order valence-corrected chi connectivity index (χ3v) is 7.72. The van der Waals surface area contributed by atoms with Gasteiger partial charge in [0, 0.05) is 42.9 Å². The molecule has 2 fully saturated rings. The third-order valence-electron chi connectivity index (χ3n) is 7.16. The molecular formula is C26H28ClF2N5O2. The molecule has 1 amide bonds. The average molecular weight is 516 g/mol. The highest BCUT2D eigenvalue weighted by Crippen LogP contribution is 2.37. The number of hydrogen-bond acceptors (Lipinski definition) is 6. The Morgan fingerprint density at radius 1 is 1.33 bits per heavy atom. The number of ether oxygens (including phenoxy) is 1. The second-order valence-electron chi connectivity index (χ2n) is 9.53. The van der Waals surface area contributed by atoms with E-state index in [0.717, 1.165) is 17.7 Å². The number of allylic oxidation sites excluding steroid dienone is 2. The number of nitrogens with one attached hydrogen (secondary N) is 2. The minimum atomic E-state index is -0.497. The summed E-state index contributed by atoms with van der Waals surface area (Å²) >= 11 is 6.22. The number of carbonyl (C=O) groups excluding carboxylic acids is 1. The molecule has 1 aromatic rings. The number of rotatable bonds is 5. The Morgan fingerprint density at radius 3 is 2.89 bits per heavy atom. The van der Waals surface area contributed by atoms with Gasteiger partial charge in [-0.3, -0.25) is 9.69 Å². The lowest BCUT2D eigenvalue weighted by Gasteiger charge is -2.28. The molecule has 1 aromatic carbocycles. The van der Waals surface area contributed by atoms with Crippen molar-refractivity contribution in [3.63, 3.8) is 0 Å². The smallest absolute Gasteiger partial charge is 0.258 e. The zero-order valence-corrected chi connectivity index (χ0v) is 21.0. The topological polar surface area (TPSA) is 81.0 Å². The number of alkyl halides is 1. The number of likely N-dealkylation sites (tertiary alicyclic amines) is 1. The van der Waals surface area contributed by atoms with Gasteiger partial charge in [0.2, 0.25) is 0 Å². The highest BCUT2D eigenvalue weighted by atomic mass is 35.5. The number of aliphatic imine (C=N–C) groups is 1. The van der Waals surface area contributed by atoms with E-state index >= 15 is 0 Å². The van der Waals surface area contributed by atoms with Gasteiger partial charge in [-0.05, 0) is 38.0 Å². The summed E-state index contributed by atoms with van der Waals surface area (Å²) in [4.78, 5) is 21.6. The van der Waals surface area contributed by atoms with Gasteiger partial charge in [-0.15, -0.1) is 0 Å². The molecule has 2 N–H and O–H groups in total. The molecule has 2 atom stereocenters. The molecular weight excluding hydrogens is 488 g/mol. The van der Waals surface area contributed by atoms with Crippen molar-refractivity contribution in [1.82, 2.24) is 15.1 Å². The Balaban J connectivity index is 1.36. The van der Waals surface area contributed by atoms with Crippen LogP contribution in [-0.2, 0) is 0 Å². The van der Waals surface area contributed by atoms with Crippen LogP contribution in [0.5, 0.6) is 5.75 Å². The fourth-order valence-electron chi connectivity index (χ4n) is 5.24. The monoisotopic (exact) mass is 515 g/mol. The molecule has 4 aliphatic rings. The fraction of sp³-hybridized carbons (Fsp3) is 0.423. The van der Waals surface area contributed by atoms with Crippen molar-refractivity contribution < 1.29 is 18.3 Å². The van der Waals surface area contributed by atoms with E-state index in [-0.39, 0.29) is 48.2 Å². The van der Waals surface area contributed by atoms with E-state index in [4.69, 9.17) is 21.7 Å². The van der Waals surface area contributed by atoms with Crippen molar-refractivity contribution in [3.05, 3.63) is 63.4 Å². The Bertz CT molecular complexity index is 1250. The van der Waals surface area contributed by atoms with Crippen LogP contribution >= 0.6 is 11.6 Å². The van der Waals surface area contributed by atoms with Crippen molar-refractivity contribution in [1.29, 1.82) is 5.41 Å². The lowest BCUT2D eigenvalue weighted by molar-refractivity contribution is 0.0797. The van der Waals surface area contributed by atoms with Crippen LogP contribution < -0.4 is 10.1 Å². The molecule has 1 saturated heterocycles. The molecule has 190 valence electrons. The number of fused-ring (bicyclic) bond motifs is 2. The summed E-state index contributed by atoms with van der Waals surface area (Å²) in [5.41, 5.74) is 3.61. The summed E-state index contributed by atoms with van der Waals surface area (Å²) in [6.45, 7) is 4.56. The van der Waals surface area contributed by atoms with E-state index < -0.39 is 12.5 Å². The second kappa shape index (κ2) is 9.78. The summed E-state index contributed by atoms with van der Waals surface area (Å²) in [6, 6.07) is 4.09. The van der Waals surface area contributed by atoms with Gasteiger partial charge in [0.25, 0.3) is 5.91 Å². The highest BCUT2D eigenvalue weighted by Gasteiger charge is 2.38. The first-order valence-electron chi connectivity index (χ1n) is 12.0. The molecule has 0 spiro atoms. The molecule has 1 saturated carbocycles. The molecule has 36 heavy (non-hydrogen) atoms. The maximum atomic E-state index is 14.2. The Labute approximate surface area is 213 Å². The summed E-state index contributed by atoms with van der Waals surface area (Å²) in [5, 5.41) is 12.1. The Kier molecular flexibility index (Phi) is 6.70. The number of benzene rings is 1. The van der Waals surface area contributed by atoms with E-state index in [1.165, 1.54) is 23.1 Å². The van der Waals surface area contributed by atoms with Gasteiger partial charge >= 0.3 is 0 Å². The molecule has 3 heterocycles. The Morgan fingerprint density at radius 2 is 2.14 bits per heavy atom. The number of halogens is 3. The summed E-state index contributed by atoms with van der Waals surface area (Å²) < 4.78 is 33.3. The first-order valence-corrected chi connectivity index (χ1v) is 12.4. The molecule has 2 unspecified atom stereocenters. The molecule has 5 rings (SSSR count). The summed E-state index contributed by atoms with van der Waals surface area (Å²) in [7, 11) is 0. The molecule has 1 aliphatic carbocycles. The maximum Gasteiger partial charge on any atom is 0.258 e. The van der Waals surface area contributed by atoms with Gasteiger partial charge in [-0.1, -0.05) is 17.7 Å². The van der Waals surface area contributed by atoms with Crippen LogP contribution in [0.4, 0.5) is 8.78 Å². The zero-order chi connectivity index (χ0) is 25.6. The lowest BCUT2D eigenvalue weighted by Crippen LogP contribution is -2.36. The second-order valence-corrected chi connectivity index (χ2v) is 9.91. The molecule has 7 nitrogen and oxygen atoms in total. The molecule has 10 heteroatoms. The number of carbonyl (C=O) groups is 1. The average Bonchev–Trinajstić information content (AvgIpc) is 3.39. The van der Waals surface area contributed by atoms with Gasteiger partial charge in [0.1, 0.15) is 30.2 Å². The van der Waals surface area contributed by atoms with Crippen LogP contribution in [0.25, 0.3) is 0 Å². The largest absolute Gasteiger partial charge is 0.485 e. The van der Waals surface area contributed by atoms with Gasteiger partial charge in [-0.25, -0.2) is 13.8 Å². The first kappa shape index (κ1) is 24.6. The molecule has 0 aromatic heterocycles. The van der Waals surface area contributed by atoms with Crippen molar-refractivity contribution in [2.45, 2.75) is 38.8 Å². The quantitative estimate of drug-likeness (QED) is 0.577. The van der Waals surface area contributed by atoms with E-state index in [1.807, 2.05) is 13.0 Å². The van der Waals surface area contributed by atoms with Crippen LogP contribution in [0.15, 0.2) is 57.0 Å². The molecule has 0 radical (unpaired) electrons. The van der Waals surface area contributed by atoms with E-state index in [2.05, 4.69) is 15.2 Å². The van der Waals surface area contributed by atoms with E-state index in [1.54, 1.807) is 6.92 Å². The SMILES string of the molecule is CC1=N/C(=C2\CN(C(=O)c3ccc(F)cc3OC3CC4CC3=CCN4CCF)CC2=N)NC(C)=C1Cl. The highest BCUT2D eigenvalue weighted by molar-refractivity contribution is 6.43. The summed E-state index contributed by atoms with van der Waals surface area (Å²) in [6.07, 6.45) is 3.21. The predicted molar refractivity (Wildman–Crippen MR) is 135 cm³/mol. The van der Waals surface area contributed by atoms with Crippen molar-refractivity contribution >= 4 is 28.9 Å². The van der Waals surface area contributed by atoms with Crippen molar-refractivity contribution in [2.24, 2.45) is 4.99 Å². The molecule has 2 bridgehead atoms. The Hall–Kier alpha value is -3.04. The minimum Gasteiger partial charge on any atom is -0.485 e. The van der Waals surface area contributed by atoms with Crippen molar-refractivity contribution in [3.8, 4) is 5.75 Å². The van der Waals surface area contributed by atoms with Gasteiger partial charge < -0.3 is 20.4 Å². The van der Waals surface area contributed by atoms with E-state index in [9.17, 15) is 13.6 Å².